The summed E-state index contributed by atoms with van der Waals surface area (Å²) >= 11 is 2.84. The van der Waals surface area contributed by atoms with Crippen LogP contribution in [0.1, 0.15) is 38.2 Å². The lowest BCUT2D eigenvalue weighted by Gasteiger charge is -2.42. The number of ketones is 1. The first kappa shape index (κ1) is 24.9. The van der Waals surface area contributed by atoms with E-state index in [1.807, 2.05) is 20.1 Å². The second-order valence-corrected chi connectivity index (χ2v) is 11.0. The third kappa shape index (κ3) is 4.10. The highest BCUT2D eigenvalue weighted by atomic mass is 32.2. The summed E-state index contributed by atoms with van der Waals surface area (Å²) < 4.78 is 17.5. The van der Waals surface area contributed by atoms with Crippen LogP contribution in [0.5, 0.6) is 17.2 Å². The van der Waals surface area contributed by atoms with Crippen molar-refractivity contribution < 1.29 is 19.0 Å². The van der Waals surface area contributed by atoms with Gasteiger partial charge in [-0.3, -0.25) is 9.69 Å². The Morgan fingerprint density at radius 2 is 1.89 bits per heavy atom. The molecule has 11 heteroatoms. The van der Waals surface area contributed by atoms with Crippen LogP contribution in [-0.2, 0) is 4.79 Å². The standard InChI is InChI=1S/C24H27N5O4S2/c1-24(2)9-14-18(15(30)10-24)17(12-7-8-16(31-3)20(33-5)19(12)32-4)13(11-25)21(26)29(14)22-27-28-23(34-6)35-22/h7-8,17H,9-10,26H2,1-6H3. The zero-order valence-corrected chi connectivity index (χ0v) is 22.1. The van der Waals surface area contributed by atoms with E-state index >= 15 is 0 Å². The van der Waals surface area contributed by atoms with Crippen LogP contribution in [0.3, 0.4) is 0 Å². The Hall–Kier alpha value is -3.23. The molecule has 1 unspecified atom stereocenters. The Bertz CT molecular complexity index is 1290. The number of allylic oxidation sites excluding steroid dienone is 3. The van der Waals surface area contributed by atoms with Crippen LogP contribution < -0.4 is 24.8 Å². The number of nitriles is 1. The molecule has 184 valence electrons. The van der Waals surface area contributed by atoms with Crippen LogP contribution in [0.25, 0.3) is 0 Å². The number of carbonyl (C=O) groups excluding carboxylic acids is 1. The van der Waals surface area contributed by atoms with Crippen molar-refractivity contribution in [2.24, 2.45) is 11.1 Å². The Labute approximate surface area is 212 Å². The van der Waals surface area contributed by atoms with E-state index in [4.69, 9.17) is 19.9 Å². The number of benzene rings is 1. The number of methoxy groups -OCH3 is 3. The minimum atomic E-state index is -0.724. The molecular formula is C24H27N5O4S2. The summed E-state index contributed by atoms with van der Waals surface area (Å²) in [7, 11) is 4.56. The van der Waals surface area contributed by atoms with E-state index in [1.165, 1.54) is 44.4 Å². The Morgan fingerprint density at radius 1 is 1.17 bits per heavy atom. The quantitative estimate of drug-likeness (QED) is 0.561. The molecular weight excluding hydrogens is 486 g/mol. The Morgan fingerprint density at radius 3 is 2.46 bits per heavy atom. The summed E-state index contributed by atoms with van der Waals surface area (Å²) in [5, 5.41) is 19.3. The van der Waals surface area contributed by atoms with Crippen LogP contribution in [0.2, 0.25) is 0 Å². The van der Waals surface area contributed by atoms with Crippen molar-refractivity contribution in [3.05, 3.63) is 40.4 Å². The number of hydrogen-bond donors (Lipinski definition) is 1. The van der Waals surface area contributed by atoms with Gasteiger partial charge in [-0.05, 0) is 24.2 Å². The first-order valence-electron chi connectivity index (χ1n) is 10.8. The van der Waals surface area contributed by atoms with Gasteiger partial charge in [0.05, 0.1) is 38.9 Å². The molecule has 4 rings (SSSR count). The van der Waals surface area contributed by atoms with Crippen molar-refractivity contribution in [1.82, 2.24) is 10.2 Å². The summed E-state index contributed by atoms with van der Waals surface area (Å²) in [6, 6.07) is 5.79. The molecule has 1 aromatic carbocycles. The number of nitrogens with two attached hydrogens (primary N) is 1. The van der Waals surface area contributed by atoms with Gasteiger partial charge in [0, 0.05) is 23.3 Å². The minimum absolute atomic E-state index is 0.0436. The molecule has 0 spiro atoms. The molecule has 0 bridgehead atoms. The van der Waals surface area contributed by atoms with Gasteiger partial charge < -0.3 is 19.9 Å². The molecule has 35 heavy (non-hydrogen) atoms. The minimum Gasteiger partial charge on any atom is -0.493 e. The zero-order chi connectivity index (χ0) is 25.5. The number of nitrogens with zero attached hydrogens (tertiary/aromatic N) is 4. The first-order chi connectivity index (χ1) is 16.7. The van der Waals surface area contributed by atoms with Gasteiger partial charge in [-0.15, -0.1) is 10.2 Å². The lowest BCUT2D eigenvalue weighted by molar-refractivity contribution is -0.118. The average Bonchev–Trinajstić information content (AvgIpc) is 3.30. The molecule has 0 radical (unpaired) electrons. The van der Waals surface area contributed by atoms with Crippen molar-refractivity contribution >= 4 is 34.0 Å². The van der Waals surface area contributed by atoms with Crippen LogP contribution in [0, 0.1) is 16.7 Å². The fourth-order valence-electron chi connectivity index (χ4n) is 4.77. The molecule has 2 heterocycles. The molecule has 1 aliphatic heterocycles. The van der Waals surface area contributed by atoms with Gasteiger partial charge in [-0.1, -0.05) is 43.0 Å². The second-order valence-electron chi connectivity index (χ2n) is 8.96. The van der Waals surface area contributed by atoms with Crippen LogP contribution in [0.4, 0.5) is 5.13 Å². The van der Waals surface area contributed by atoms with E-state index < -0.39 is 5.92 Å². The average molecular weight is 514 g/mol. The molecule has 0 fully saturated rings. The highest BCUT2D eigenvalue weighted by Crippen LogP contribution is 2.54. The number of carbonyl (C=O) groups is 1. The van der Waals surface area contributed by atoms with E-state index in [0.717, 1.165) is 10.0 Å². The smallest absolute Gasteiger partial charge is 0.219 e. The molecule has 2 N–H and O–H groups in total. The predicted octanol–water partition coefficient (Wildman–Crippen LogP) is 4.23. The number of aromatic nitrogens is 2. The maximum atomic E-state index is 13.7. The van der Waals surface area contributed by atoms with Crippen molar-refractivity contribution in [2.75, 3.05) is 32.5 Å². The monoisotopic (exact) mass is 513 g/mol. The van der Waals surface area contributed by atoms with Crippen molar-refractivity contribution in [1.29, 1.82) is 5.26 Å². The van der Waals surface area contributed by atoms with Crippen LogP contribution in [0.15, 0.2) is 39.1 Å². The normalized spacial score (nSPS) is 19.4. The predicted molar refractivity (Wildman–Crippen MR) is 135 cm³/mol. The summed E-state index contributed by atoms with van der Waals surface area (Å²) in [6.45, 7) is 4.10. The van der Waals surface area contributed by atoms with Gasteiger partial charge in [0.15, 0.2) is 21.6 Å². The second kappa shape index (κ2) is 9.43. The van der Waals surface area contributed by atoms with E-state index in [9.17, 15) is 10.1 Å². The highest BCUT2D eigenvalue weighted by molar-refractivity contribution is 8.00. The highest BCUT2D eigenvalue weighted by Gasteiger charge is 2.46. The number of Topliss-reactive ketones (excluding diaryl/α,β-unsaturated/α-hetero) is 1. The third-order valence-electron chi connectivity index (χ3n) is 6.19. The summed E-state index contributed by atoms with van der Waals surface area (Å²) in [5.74, 6) is 0.698. The van der Waals surface area contributed by atoms with E-state index in [0.29, 0.717) is 46.4 Å². The summed E-state index contributed by atoms with van der Waals surface area (Å²) in [6.07, 6.45) is 2.84. The maximum absolute atomic E-state index is 13.7. The molecule has 2 aromatic rings. The lowest BCUT2D eigenvalue weighted by Crippen LogP contribution is -2.42. The summed E-state index contributed by atoms with van der Waals surface area (Å²) in [5.41, 5.74) is 8.47. The van der Waals surface area contributed by atoms with Crippen LogP contribution >= 0.6 is 23.1 Å². The summed E-state index contributed by atoms with van der Waals surface area (Å²) in [4.78, 5) is 15.5. The first-order valence-corrected chi connectivity index (χ1v) is 12.9. The van der Waals surface area contributed by atoms with Gasteiger partial charge in [0.25, 0.3) is 0 Å². The molecule has 1 aliphatic carbocycles. The van der Waals surface area contributed by atoms with Gasteiger partial charge >= 0.3 is 0 Å². The van der Waals surface area contributed by atoms with Crippen molar-refractivity contribution in [3.63, 3.8) is 0 Å². The van der Waals surface area contributed by atoms with E-state index in [2.05, 4.69) is 16.3 Å². The lowest BCUT2D eigenvalue weighted by atomic mass is 9.68. The molecule has 0 amide bonds. The van der Waals surface area contributed by atoms with Gasteiger partial charge in [-0.2, -0.15) is 5.26 Å². The van der Waals surface area contributed by atoms with Gasteiger partial charge in [0.1, 0.15) is 5.82 Å². The largest absolute Gasteiger partial charge is 0.493 e. The van der Waals surface area contributed by atoms with Crippen LogP contribution in [-0.4, -0.2) is 43.6 Å². The topological polar surface area (TPSA) is 124 Å². The van der Waals surface area contributed by atoms with E-state index in [-0.39, 0.29) is 22.6 Å². The number of hydrogen-bond acceptors (Lipinski definition) is 11. The number of rotatable bonds is 6. The Kier molecular flexibility index (Phi) is 6.71. The molecule has 1 atom stereocenters. The van der Waals surface area contributed by atoms with E-state index in [1.54, 1.807) is 17.0 Å². The maximum Gasteiger partial charge on any atom is 0.219 e. The fraction of sp³-hybridized carbons (Fsp3) is 0.417. The SMILES string of the molecule is COc1ccc(C2C(C#N)=C(N)N(c3nnc(SC)s3)C3=C2C(=O)CC(C)(C)C3)c(OC)c1OC. The molecule has 0 saturated carbocycles. The van der Waals surface area contributed by atoms with Crippen molar-refractivity contribution in [2.45, 2.75) is 36.9 Å². The molecule has 1 aromatic heterocycles. The number of anilines is 1. The number of ether oxygens (including phenoxy) is 3. The van der Waals surface area contributed by atoms with Crippen molar-refractivity contribution in [3.8, 4) is 23.3 Å². The van der Waals surface area contributed by atoms with Gasteiger partial charge in [-0.25, -0.2) is 0 Å². The molecule has 2 aliphatic rings. The zero-order valence-electron chi connectivity index (χ0n) is 20.5. The number of thioether (sulfide) groups is 1. The third-order valence-corrected chi connectivity index (χ3v) is 8.07. The van der Waals surface area contributed by atoms with Gasteiger partial charge in [0.2, 0.25) is 10.9 Å². The molecule has 9 nitrogen and oxygen atoms in total. The fourth-order valence-corrected chi connectivity index (χ4v) is 6.06. The Balaban J connectivity index is 2.03. The molecule has 0 saturated heterocycles.